The van der Waals surface area contributed by atoms with Crippen molar-refractivity contribution in [3.8, 4) is 22.4 Å². The van der Waals surface area contributed by atoms with E-state index in [0.29, 0.717) is 5.01 Å². The Kier molecular flexibility index (Phi) is 5.74. The number of Topliss-reactive ketones (excluding diaryl/α,β-unsaturated/α-hetero) is 1. The number of hydrogen-bond donors (Lipinski definition) is 2. The number of rotatable bonds is 5. The van der Waals surface area contributed by atoms with Crippen molar-refractivity contribution in [2.45, 2.75) is 20.8 Å². The number of hydrogen-bond acceptors (Lipinski definition) is 5. The van der Waals surface area contributed by atoms with Crippen LogP contribution in [0.5, 0.6) is 0 Å². The van der Waals surface area contributed by atoms with Gasteiger partial charge in [-0.3, -0.25) is 4.79 Å². The van der Waals surface area contributed by atoms with Gasteiger partial charge in [0.15, 0.2) is 5.78 Å². The van der Waals surface area contributed by atoms with Crippen LogP contribution >= 0.6 is 22.9 Å². The third-order valence-electron chi connectivity index (χ3n) is 4.61. The number of aromatic carboxylic acids is 2. The second-order valence-corrected chi connectivity index (χ2v) is 8.01. The molecule has 3 rings (SSSR count). The molecule has 0 saturated heterocycles. The number of carbonyl (C=O) groups is 3. The molecule has 6 nitrogen and oxygen atoms in total. The number of ketones is 1. The molecule has 0 atom stereocenters. The van der Waals surface area contributed by atoms with Crippen molar-refractivity contribution in [1.29, 1.82) is 0 Å². The minimum absolute atomic E-state index is 0.0665. The van der Waals surface area contributed by atoms with E-state index in [9.17, 15) is 29.0 Å². The fourth-order valence-electron chi connectivity index (χ4n) is 3.49. The molecule has 3 aromatic rings. The Balaban J connectivity index is 2.65. The summed E-state index contributed by atoms with van der Waals surface area (Å²) < 4.78 is 13.6. The first-order valence-corrected chi connectivity index (χ1v) is 9.86. The van der Waals surface area contributed by atoms with E-state index in [1.54, 1.807) is 12.3 Å². The van der Waals surface area contributed by atoms with Crippen LogP contribution in [0, 0.1) is 19.7 Å². The molecule has 1 aromatic heterocycles. The number of benzene rings is 2. The number of carbonyl (C=O) groups excluding carboxylic acids is 1. The van der Waals surface area contributed by atoms with Crippen LogP contribution in [0.2, 0.25) is 5.02 Å². The fraction of sp³-hybridized carbons (Fsp3) is 0.143. The standard InChI is InChI=1S/C21H15ClFNO5S/c1-8-15(9(2)25)17(12-5-4-11(23)6-13(12)22)19(21(28)29)18(16(8)20(26)27)14-7-30-10(3)24-14/h4-7H,1-3H3,(H,26,27)(H,28,29). The van der Waals surface area contributed by atoms with Crippen LogP contribution in [0.15, 0.2) is 23.6 Å². The van der Waals surface area contributed by atoms with Crippen molar-refractivity contribution in [1.82, 2.24) is 4.98 Å². The molecule has 0 fully saturated rings. The first kappa shape index (κ1) is 21.6. The summed E-state index contributed by atoms with van der Waals surface area (Å²) in [5.41, 5.74) is -0.712. The zero-order valence-corrected chi connectivity index (χ0v) is 17.6. The molecule has 2 aromatic carbocycles. The highest BCUT2D eigenvalue weighted by atomic mass is 35.5. The zero-order valence-electron chi connectivity index (χ0n) is 16.0. The fourth-order valence-corrected chi connectivity index (χ4v) is 4.36. The molecule has 0 radical (unpaired) electrons. The Labute approximate surface area is 179 Å². The average Bonchev–Trinajstić information content (AvgIpc) is 3.05. The largest absolute Gasteiger partial charge is 0.478 e. The Morgan fingerprint density at radius 2 is 1.67 bits per heavy atom. The van der Waals surface area contributed by atoms with E-state index >= 15 is 0 Å². The first-order valence-electron chi connectivity index (χ1n) is 8.60. The van der Waals surface area contributed by atoms with Crippen LogP contribution in [0.4, 0.5) is 4.39 Å². The van der Waals surface area contributed by atoms with Crippen molar-refractivity contribution in [2.24, 2.45) is 0 Å². The maximum absolute atomic E-state index is 13.6. The summed E-state index contributed by atoms with van der Waals surface area (Å²) in [6.07, 6.45) is 0. The molecule has 0 aliphatic rings. The molecule has 154 valence electrons. The maximum Gasteiger partial charge on any atom is 0.337 e. The summed E-state index contributed by atoms with van der Waals surface area (Å²) in [6, 6.07) is 3.35. The molecule has 0 bridgehead atoms. The summed E-state index contributed by atoms with van der Waals surface area (Å²) in [5, 5.41) is 22.0. The minimum Gasteiger partial charge on any atom is -0.478 e. The topological polar surface area (TPSA) is 105 Å². The van der Waals surface area contributed by atoms with Gasteiger partial charge >= 0.3 is 11.9 Å². The van der Waals surface area contributed by atoms with E-state index in [1.807, 2.05) is 0 Å². The smallest absolute Gasteiger partial charge is 0.337 e. The lowest BCUT2D eigenvalue weighted by atomic mass is 9.81. The van der Waals surface area contributed by atoms with Crippen LogP contribution in [-0.2, 0) is 0 Å². The van der Waals surface area contributed by atoms with Crippen LogP contribution in [0.25, 0.3) is 22.4 Å². The average molecular weight is 448 g/mol. The number of thiazole rings is 1. The van der Waals surface area contributed by atoms with E-state index in [1.165, 1.54) is 31.3 Å². The monoisotopic (exact) mass is 447 g/mol. The van der Waals surface area contributed by atoms with Gasteiger partial charge in [0.25, 0.3) is 0 Å². The van der Waals surface area contributed by atoms with Gasteiger partial charge in [0, 0.05) is 27.6 Å². The predicted molar refractivity (Wildman–Crippen MR) is 111 cm³/mol. The molecule has 0 unspecified atom stereocenters. The molecule has 2 N–H and O–H groups in total. The van der Waals surface area contributed by atoms with E-state index in [-0.39, 0.29) is 44.1 Å². The summed E-state index contributed by atoms with van der Waals surface area (Å²) in [4.78, 5) is 41.3. The number of carboxylic acid groups (broad SMARTS) is 2. The SMILES string of the molecule is CC(=O)c1c(C)c(C(=O)O)c(-c2csc(C)n2)c(C(=O)O)c1-c1ccc(F)cc1Cl. The second-order valence-electron chi connectivity index (χ2n) is 6.54. The minimum atomic E-state index is -1.46. The first-order chi connectivity index (χ1) is 14.0. The Morgan fingerprint density at radius 3 is 2.13 bits per heavy atom. The van der Waals surface area contributed by atoms with Crippen molar-refractivity contribution in [3.05, 3.63) is 61.7 Å². The van der Waals surface area contributed by atoms with Crippen LogP contribution in [0.3, 0.4) is 0 Å². The van der Waals surface area contributed by atoms with Gasteiger partial charge in [0.1, 0.15) is 5.82 Å². The lowest BCUT2D eigenvalue weighted by Gasteiger charge is -2.21. The van der Waals surface area contributed by atoms with Crippen molar-refractivity contribution >= 4 is 40.7 Å². The Hall–Kier alpha value is -3.10. The van der Waals surface area contributed by atoms with Gasteiger partial charge in [-0.1, -0.05) is 11.6 Å². The highest BCUT2D eigenvalue weighted by molar-refractivity contribution is 7.09. The van der Waals surface area contributed by atoms with Gasteiger partial charge in [0.05, 0.1) is 26.9 Å². The molecular weight excluding hydrogens is 433 g/mol. The highest BCUT2D eigenvalue weighted by Crippen LogP contribution is 2.43. The maximum atomic E-state index is 13.6. The molecule has 0 aliphatic heterocycles. The van der Waals surface area contributed by atoms with E-state index < -0.39 is 29.1 Å². The molecule has 0 amide bonds. The van der Waals surface area contributed by atoms with Gasteiger partial charge in [0.2, 0.25) is 0 Å². The molecular formula is C21H15ClFNO5S. The van der Waals surface area contributed by atoms with Crippen LogP contribution in [-0.4, -0.2) is 32.9 Å². The summed E-state index contributed by atoms with van der Waals surface area (Å²) in [5.74, 6) is -4.04. The second kappa shape index (κ2) is 7.97. The van der Waals surface area contributed by atoms with Gasteiger partial charge in [-0.05, 0) is 44.5 Å². The summed E-state index contributed by atoms with van der Waals surface area (Å²) in [6.45, 7) is 4.33. The van der Waals surface area contributed by atoms with Gasteiger partial charge in [-0.25, -0.2) is 19.0 Å². The Bertz CT molecular complexity index is 1230. The summed E-state index contributed by atoms with van der Waals surface area (Å²) >= 11 is 7.42. The third kappa shape index (κ3) is 3.59. The number of nitrogens with zero attached hydrogens (tertiary/aromatic N) is 1. The van der Waals surface area contributed by atoms with Gasteiger partial charge < -0.3 is 10.2 Å². The normalized spacial score (nSPS) is 10.8. The molecule has 9 heteroatoms. The molecule has 1 heterocycles. The summed E-state index contributed by atoms with van der Waals surface area (Å²) in [7, 11) is 0. The molecule has 0 aliphatic carbocycles. The number of carboxylic acids is 2. The zero-order chi connectivity index (χ0) is 22.3. The lowest BCUT2D eigenvalue weighted by Crippen LogP contribution is -2.16. The van der Waals surface area contributed by atoms with Crippen molar-refractivity contribution in [3.63, 3.8) is 0 Å². The van der Waals surface area contributed by atoms with Crippen molar-refractivity contribution < 1.29 is 29.0 Å². The number of aryl methyl sites for hydroxylation is 1. The third-order valence-corrected chi connectivity index (χ3v) is 5.69. The van der Waals surface area contributed by atoms with Crippen LogP contribution < -0.4 is 0 Å². The molecule has 30 heavy (non-hydrogen) atoms. The van der Waals surface area contributed by atoms with Gasteiger partial charge in [-0.15, -0.1) is 11.3 Å². The Morgan fingerprint density at radius 1 is 1.03 bits per heavy atom. The van der Waals surface area contributed by atoms with E-state index in [4.69, 9.17) is 11.6 Å². The highest BCUT2D eigenvalue weighted by Gasteiger charge is 2.33. The molecule has 0 saturated carbocycles. The van der Waals surface area contributed by atoms with E-state index in [2.05, 4.69) is 4.98 Å². The lowest BCUT2D eigenvalue weighted by molar-refractivity contribution is 0.0695. The number of aromatic nitrogens is 1. The molecule has 0 spiro atoms. The van der Waals surface area contributed by atoms with Crippen molar-refractivity contribution in [2.75, 3.05) is 0 Å². The number of halogens is 2. The quantitative estimate of drug-likeness (QED) is 0.501. The predicted octanol–water partition coefficient (Wildman–Crippen LogP) is 5.49. The van der Waals surface area contributed by atoms with Gasteiger partial charge in [-0.2, -0.15) is 0 Å². The van der Waals surface area contributed by atoms with E-state index in [0.717, 1.165) is 12.1 Å². The van der Waals surface area contributed by atoms with Crippen LogP contribution in [0.1, 0.15) is 48.6 Å².